The fraction of sp³-hybridized carbons (Fsp3) is 0.462. The SMILES string of the molecule is Cc1ccc(C(=O)O)c([N+](=O)[O-])c1NC1CCOCC1. The summed E-state index contributed by atoms with van der Waals surface area (Å²) in [6, 6.07) is 2.91. The van der Waals surface area contributed by atoms with Crippen molar-refractivity contribution < 1.29 is 19.6 Å². The molecule has 0 radical (unpaired) electrons. The molecule has 108 valence electrons. The largest absolute Gasteiger partial charge is 0.477 e. The van der Waals surface area contributed by atoms with Crippen LogP contribution in [0, 0.1) is 17.0 Å². The van der Waals surface area contributed by atoms with Gasteiger partial charge in [0.15, 0.2) is 0 Å². The number of hydrogen-bond acceptors (Lipinski definition) is 5. The molecule has 20 heavy (non-hydrogen) atoms. The molecular weight excluding hydrogens is 264 g/mol. The van der Waals surface area contributed by atoms with Gasteiger partial charge in [-0.3, -0.25) is 10.1 Å². The number of nitro benzene ring substituents is 1. The lowest BCUT2D eigenvalue weighted by Crippen LogP contribution is -2.28. The zero-order chi connectivity index (χ0) is 14.7. The van der Waals surface area contributed by atoms with Crippen LogP contribution in [0.25, 0.3) is 0 Å². The van der Waals surface area contributed by atoms with Crippen LogP contribution in [0.5, 0.6) is 0 Å². The first-order valence-electron chi connectivity index (χ1n) is 6.36. The third-order valence-electron chi connectivity index (χ3n) is 3.37. The van der Waals surface area contributed by atoms with E-state index in [9.17, 15) is 14.9 Å². The first-order chi connectivity index (χ1) is 9.50. The predicted molar refractivity (Wildman–Crippen MR) is 72.3 cm³/mol. The highest BCUT2D eigenvalue weighted by Gasteiger charge is 2.27. The van der Waals surface area contributed by atoms with Gasteiger partial charge >= 0.3 is 11.7 Å². The van der Waals surface area contributed by atoms with E-state index < -0.39 is 10.9 Å². The van der Waals surface area contributed by atoms with Crippen molar-refractivity contribution in [1.82, 2.24) is 0 Å². The molecule has 0 aromatic heterocycles. The predicted octanol–water partition coefficient (Wildman–Crippen LogP) is 2.19. The van der Waals surface area contributed by atoms with Gasteiger partial charge in [0.25, 0.3) is 0 Å². The van der Waals surface area contributed by atoms with Crippen molar-refractivity contribution in [3.05, 3.63) is 33.4 Å². The van der Waals surface area contributed by atoms with Crippen molar-refractivity contribution >= 4 is 17.3 Å². The van der Waals surface area contributed by atoms with Crippen molar-refractivity contribution in [2.75, 3.05) is 18.5 Å². The second-order valence-corrected chi connectivity index (χ2v) is 4.75. The van der Waals surface area contributed by atoms with Crippen LogP contribution in [-0.2, 0) is 4.74 Å². The van der Waals surface area contributed by atoms with Gasteiger partial charge < -0.3 is 15.2 Å². The molecule has 2 rings (SSSR count). The lowest BCUT2D eigenvalue weighted by atomic mass is 10.0. The van der Waals surface area contributed by atoms with E-state index in [1.165, 1.54) is 6.07 Å². The second-order valence-electron chi connectivity index (χ2n) is 4.75. The molecule has 1 saturated heterocycles. The van der Waals surface area contributed by atoms with Gasteiger partial charge in [0.2, 0.25) is 0 Å². The molecular formula is C13H16N2O5. The van der Waals surface area contributed by atoms with Gasteiger partial charge in [0.05, 0.1) is 4.92 Å². The Balaban J connectivity index is 2.41. The van der Waals surface area contributed by atoms with E-state index in [4.69, 9.17) is 9.84 Å². The standard InChI is InChI=1S/C13H16N2O5/c1-8-2-3-10(13(16)17)12(15(18)19)11(8)14-9-4-6-20-7-5-9/h2-3,9,14H,4-7H2,1H3,(H,16,17). The van der Waals surface area contributed by atoms with Crippen LogP contribution >= 0.6 is 0 Å². The Morgan fingerprint density at radius 3 is 2.65 bits per heavy atom. The number of carbonyl (C=O) groups is 1. The van der Waals surface area contributed by atoms with Gasteiger partial charge in [-0.05, 0) is 31.4 Å². The maximum absolute atomic E-state index is 11.2. The molecule has 1 heterocycles. The van der Waals surface area contributed by atoms with E-state index >= 15 is 0 Å². The first-order valence-corrected chi connectivity index (χ1v) is 6.36. The number of aryl methyl sites for hydroxylation is 1. The van der Waals surface area contributed by atoms with Crippen molar-refractivity contribution in [1.29, 1.82) is 0 Å². The topological polar surface area (TPSA) is 102 Å². The Morgan fingerprint density at radius 1 is 1.45 bits per heavy atom. The zero-order valence-electron chi connectivity index (χ0n) is 11.1. The van der Waals surface area contributed by atoms with Crippen molar-refractivity contribution in [2.24, 2.45) is 0 Å². The average molecular weight is 280 g/mol. The number of anilines is 1. The Labute approximate surface area is 115 Å². The van der Waals surface area contributed by atoms with Gasteiger partial charge in [0.1, 0.15) is 11.3 Å². The molecule has 0 spiro atoms. The van der Waals surface area contributed by atoms with E-state index in [-0.39, 0.29) is 17.3 Å². The Morgan fingerprint density at radius 2 is 2.10 bits per heavy atom. The number of rotatable bonds is 4. The number of ether oxygens (including phenoxy) is 1. The molecule has 0 aliphatic carbocycles. The molecule has 0 bridgehead atoms. The number of benzene rings is 1. The van der Waals surface area contributed by atoms with E-state index in [0.717, 1.165) is 12.8 Å². The van der Waals surface area contributed by atoms with Gasteiger partial charge in [-0.15, -0.1) is 0 Å². The van der Waals surface area contributed by atoms with Crippen LogP contribution < -0.4 is 5.32 Å². The monoisotopic (exact) mass is 280 g/mol. The summed E-state index contributed by atoms with van der Waals surface area (Å²) < 4.78 is 5.24. The van der Waals surface area contributed by atoms with Gasteiger partial charge in [-0.2, -0.15) is 0 Å². The second kappa shape index (κ2) is 5.87. The fourth-order valence-electron chi connectivity index (χ4n) is 2.28. The normalized spacial score (nSPS) is 15.8. The minimum atomic E-state index is -1.30. The van der Waals surface area contributed by atoms with Crippen molar-refractivity contribution in [3.63, 3.8) is 0 Å². The molecule has 1 aliphatic heterocycles. The highest BCUT2D eigenvalue weighted by molar-refractivity contribution is 5.96. The number of carboxylic acid groups (broad SMARTS) is 1. The minimum absolute atomic E-state index is 0.0604. The van der Waals surface area contributed by atoms with Gasteiger partial charge in [-0.1, -0.05) is 6.07 Å². The zero-order valence-corrected chi connectivity index (χ0v) is 11.1. The summed E-state index contributed by atoms with van der Waals surface area (Å²) in [7, 11) is 0. The highest BCUT2D eigenvalue weighted by atomic mass is 16.6. The molecule has 2 N–H and O–H groups in total. The minimum Gasteiger partial charge on any atom is -0.477 e. The van der Waals surface area contributed by atoms with Crippen LogP contribution in [0.4, 0.5) is 11.4 Å². The summed E-state index contributed by atoms with van der Waals surface area (Å²) >= 11 is 0. The molecule has 0 atom stereocenters. The molecule has 7 nitrogen and oxygen atoms in total. The average Bonchev–Trinajstić information content (AvgIpc) is 2.41. The summed E-state index contributed by atoms with van der Waals surface area (Å²) in [4.78, 5) is 21.7. The third-order valence-corrected chi connectivity index (χ3v) is 3.37. The number of hydrogen-bond donors (Lipinski definition) is 2. The van der Waals surface area contributed by atoms with Gasteiger partial charge in [0, 0.05) is 19.3 Å². The molecule has 1 aromatic rings. The molecule has 0 saturated carbocycles. The molecule has 0 amide bonds. The van der Waals surface area contributed by atoms with Crippen LogP contribution in [-0.4, -0.2) is 35.3 Å². The lowest BCUT2D eigenvalue weighted by molar-refractivity contribution is -0.384. The van der Waals surface area contributed by atoms with Crippen LogP contribution in [0.3, 0.4) is 0 Å². The van der Waals surface area contributed by atoms with Crippen molar-refractivity contribution in [2.45, 2.75) is 25.8 Å². The molecule has 7 heteroatoms. The number of nitrogens with zero attached hydrogens (tertiary/aromatic N) is 1. The van der Waals surface area contributed by atoms with Crippen molar-refractivity contribution in [3.8, 4) is 0 Å². The number of nitro groups is 1. The van der Waals surface area contributed by atoms with E-state index in [1.54, 1.807) is 13.0 Å². The van der Waals surface area contributed by atoms with E-state index in [0.29, 0.717) is 24.5 Å². The molecule has 0 unspecified atom stereocenters. The summed E-state index contributed by atoms with van der Waals surface area (Å²) in [5.74, 6) is -1.30. The summed E-state index contributed by atoms with van der Waals surface area (Å²) in [5, 5.41) is 23.4. The lowest BCUT2D eigenvalue weighted by Gasteiger charge is -2.25. The number of carboxylic acids is 1. The summed E-state index contributed by atoms with van der Waals surface area (Å²) in [6.45, 7) is 2.92. The highest BCUT2D eigenvalue weighted by Crippen LogP contribution is 2.33. The molecule has 1 aromatic carbocycles. The summed E-state index contributed by atoms with van der Waals surface area (Å²) in [5.41, 5.74) is 0.286. The van der Waals surface area contributed by atoms with Crippen LogP contribution in [0.15, 0.2) is 12.1 Å². The third kappa shape index (κ3) is 2.88. The fourth-order valence-corrected chi connectivity index (χ4v) is 2.28. The summed E-state index contributed by atoms with van der Waals surface area (Å²) in [6.07, 6.45) is 1.49. The van der Waals surface area contributed by atoms with Crippen LogP contribution in [0.1, 0.15) is 28.8 Å². The first kappa shape index (κ1) is 14.3. The van der Waals surface area contributed by atoms with Crippen LogP contribution in [0.2, 0.25) is 0 Å². The quantitative estimate of drug-likeness (QED) is 0.647. The smallest absolute Gasteiger partial charge is 0.342 e. The molecule has 1 fully saturated rings. The number of nitrogens with one attached hydrogen (secondary N) is 1. The maximum Gasteiger partial charge on any atom is 0.342 e. The van der Waals surface area contributed by atoms with Gasteiger partial charge in [-0.25, -0.2) is 4.79 Å². The number of aromatic carboxylic acids is 1. The van der Waals surface area contributed by atoms with E-state index in [2.05, 4.69) is 5.32 Å². The maximum atomic E-state index is 11.2. The molecule has 1 aliphatic rings. The Kier molecular flexibility index (Phi) is 4.19. The Hall–Kier alpha value is -2.15. The Bertz CT molecular complexity index is 538. The van der Waals surface area contributed by atoms with E-state index in [1.807, 2.05) is 0 Å².